The van der Waals surface area contributed by atoms with Crippen LogP contribution >= 0.6 is 15.9 Å². The van der Waals surface area contributed by atoms with Gasteiger partial charge in [0.25, 0.3) is 0 Å². The second kappa shape index (κ2) is 7.48. The van der Waals surface area contributed by atoms with Crippen LogP contribution in [0.5, 0.6) is 11.5 Å². The number of hydrogen-bond acceptors (Lipinski definition) is 3. The number of nitrogens with one attached hydrogen (secondary N) is 1. The van der Waals surface area contributed by atoms with Gasteiger partial charge in [0.1, 0.15) is 11.5 Å². The molecule has 0 spiro atoms. The van der Waals surface area contributed by atoms with Crippen LogP contribution in [0.2, 0.25) is 0 Å². The molecule has 1 unspecified atom stereocenters. The lowest BCUT2D eigenvalue weighted by molar-refractivity contribution is 0.340. The maximum atomic E-state index is 5.48. The van der Waals surface area contributed by atoms with Crippen LogP contribution in [0.25, 0.3) is 0 Å². The van der Waals surface area contributed by atoms with Gasteiger partial charge in [-0.3, -0.25) is 0 Å². The first kappa shape index (κ1) is 15.9. The number of hydrogen-bond donors (Lipinski definition) is 1. The summed E-state index contributed by atoms with van der Waals surface area (Å²) in [4.78, 5) is 0. The highest BCUT2D eigenvalue weighted by molar-refractivity contribution is 9.10. The van der Waals surface area contributed by atoms with Crippen LogP contribution in [0.15, 0.2) is 46.9 Å². The van der Waals surface area contributed by atoms with Gasteiger partial charge in [-0.15, -0.1) is 0 Å². The average molecular weight is 350 g/mol. The molecule has 0 saturated carbocycles. The van der Waals surface area contributed by atoms with Gasteiger partial charge in [0.2, 0.25) is 0 Å². The fourth-order valence-corrected chi connectivity index (χ4v) is 2.87. The van der Waals surface area contributed by atoms with Crippen molar-refractivity contribution in [3.05, 3.63) is 58.1 Å². The number of ether oxygens (including phenoxy) is 2. The van der Waals surface area contributed by atoms with Crippen molar-refractivity contribution in [1.82, 2.24) is 5.32 Å². The molecule has 2 aromatic rings. The Morgan fingerprint density at radius 2 is 1.76 bits per heavy atom. The van der Waals surface area contributed by atoms with Gasteiger partial charge in [0, 0.05) is 0 Å². The van der Waals surface area contributed by atoms with Crippen molar-refractivity contribution in [1.29, 1.82) is 0 Å². The van der Waals surface area contributed by atoms with E-state index in [1.54, 1.807) is 7.11 Å². The summed E-state index contributed by atoms with van der Waals surface area (Å²) in [5, 5.41) is 3.35. The number of rotatable bonds is 6. The van der Waals surface area contributed by atoms with E-state index in [1.165, 1.54) is 11.1 Å². The average Bonchev–Trinajstić information content (AvgIpc) is 2.50. The van der Waals surface area contributed by atoms with E-state index in [1.807, 2.05) is 32.2 Å². The summed E-state index contributed by atoms with van der Waals surface area (Å²) in [5.74, 6) is 1.73. The highest BCUT2D eigenvalue weighted by atomic mass is 79.9. The van der Waals surface area contributed by atoms with E-state index in [4.69, 9.17) is 9.47 Å². The Morgan fingerprint density at radius 3 is 2.29 bits per heavy atom. The third-order valence-corrected chi connectivity index (χ3v) is 3.94. The van der Waals surface area contributed by atoms with Crippen molar-refractivity contribution in [3.63, 3.8) is 0 Å². The van der Waals surface area contributed by atoms with Crippen LogP contribution in [0.3, 0.4) is 0 Å². The van der Waals surface area contributed by atoms with Crippen LogP contribution in [0, 0.1) is 0 Å². The molecule has 3 nitrogen and oxygen atoms in total. The zero-order valence-electron chi connectivity index (χ0n) is 12.5. The predicted molar refractivity (Wildman–Crippen MR) is 89.2 cm³/mol. The van der Waals surface area contributed by atoms with Crippen molar-refractivity contribution >= 4 is 15.9 Å². The SMILES string of the molecule is CCOc1ccc(C(NC)c2ccc(OC)c(Br)c2)cc1. The minimum Gasteiger partial charge on any atom is -0.496 e. The molecule has 2 aromatic carbocycles. The Morgan fingerprint density at radius 1 is 1.10 bits per heavy atom. The molecule has 0 amide bonds. The molecular weight excluding hydrogens is 330 g/mol. The van der Waals surface area contributed by atoms with Crippen molar-refractivity contribution in [2.75, 3.05) is 20.8 Å². The maximum absolute atomic E-state index is 5.48. The third kappa shape index (κ3) is 3.77. The highest BCUT2D eigenvalue weighted by Crippen LogP contribution is 2.31. The van der Waals surface area contributed by atoms with E-state index in [9.17, 15) is 0 Å². The molecule has 21 heavy (non-hydrogen) atoms. The summed E-state index contributed by atoms with van der Waals surface area (Å²) < 4.78 is 11.7. The molecule has 0 bridgehead atoms. The first-order chi connectivity index (χ1) is 10.2. The second-order valence-electron chi connectivity index (χ2n) is 4.62. The van der Waals surface area contributed by atoms with Crippen LogP contribution in [0.4, 0.5) is 0 Å². The van der Waals surface area contributed by atoms with Gasteiger partial charge in [0.05, 0.1) is 24.2 Å². The molecule has 0 radical (unpaired) electrons. The van der Waals surface area contributed by atoms with Crippen molar-refractivity contribution in [3.8, 4) is 11.5 Å². The van der Waals surface area contributed by atoms with Crippen LogP contribution in [-0.4, -0.2) is 20.8 Å². The van der Waals surface area contributed by atoms with E-state index in [0.717, 1.165) is 16.0 Å². The second-order valence-corrected chi connectivity index (χ2v) is 5.47. The fourth-order valence-electron chi connectivity index (χ4n) is 2.31. The Bertz CT molecular complexity index is 584. The summed E-state index contributed by atoms with van der Waals surface area (Å²) in [7, 11) is 3.63. The Balaban J connectivity index is 2.28. The van der Waals surface area contributed by atoms with Crippen LogP contribution in [0.1, 0.15) is 24.1 Å². The van der Waals surface area contributed by atoms with Gasteiger partial charge in [-0.2, -0.15) is 0 Å². The van der Waals surface area contributed by atoms with Gasteiger partial charge < -0.3 is 14.8 Å². The zero-order valence-corrected chi connectivity index (χ0v) is 14.1. The third-order valence-electron chi connectivity index (χ3n) is 3.32. The van der Waals surface area contributed by atoms with E-state index in [2.05, 4.69) is 45.5 Å². The van der Waals surface area contributed by atoms with E-state index in [-0.39, 0.29) is 6.04 Å². The van der Waals surface area contributed by atoms with Crippen molar-refractivity contribution in [2.24, 2.45) is 0 Å². The van der Waals surface area contributed by atoms with Gasteiger partial charge >= 0.3 is 0 Å². The predicted octanol–water partition coefficient (Wildman–Crippen LogP) is 4.17. The largest absolute Gasteiger partial charge is 0.496 e. The summed E-state index contributed by atoms with van der Waals surface area (Å²) in [5.41, 5.74) is 2.37. The molecule has 112 valence electrons. The number of benzene rings is 2. The topological polar surface area (TPSA) is 30.5 Å². The van der Waals surface area contributed by atoms with Crippen LogP contribution in [-0.2, 0) is 0 Å². The number of halogens is 1. The van der Waals surface area contributed by atoms with Crippen LogP contribution < -0.4 is 14.8 Å². The summed E-state index contributed by atoms with van der Waals surface area (Å²) in [6.45, 7) is 2.67. The monoisotopic (exact) mass is 349 g/mol. The molecule has 4 heteroatoms. The van der Waals surface area contributed by atoms with E-state index < -0.39 is 0 Å². The Hall–Kier alpha value is -1.52. The molecule has 2 rings (SSSR count). The zero-order chi connectivity index (χ0) is 15.2. The smallest absolute Gasteiger partial charge is 0.133 e. The Kier molecular flexibility index (Phi) is 5.65. The van der Waals surface area contributed by atoms with E-state index in [0.29, 0.717) is 6.61 Å². The molecule has 1 atom stereocenters. The first-order valence-corrected chi connectivity index (χ1v) is 7.72. The lowest BCUT2D eigenvalue weighted by Gasteiger charge is -2.18. The van der Waals surface area contributed by atoms with Crippen molar-refractivity contribution < 1.29 is 9.47 Å². The fraction of sp³-hybridized carbons (Fsp3) is 0.294. The lowest BCUT2D eigenvalue weighted by atomic mass is 9.99. The first-order valence-electron chi connectivity index (χ1n) is 6.93. The standard InChI is InChI=1S/C17H20BrNO2/c1-4-21-14-8-5-12(6-9-14)17(19-2)13-7-10-16(20-3)15(18)11-13/h5-11,17,19H,4H2,1-3H3. The molecule has 0 fully saturated rings. The summed E-state index contributed by atoms with van der Waals surface area (Å²) >= 11 is 3.54. The minimum atomic E-state index is 0.128. The number of methoxy groups -OCH3 is 1. The minimum absolute atomic E-state index is 0.128. The maximum Gasteiger partial charge on any atom is 0.133 e. The summed E-state index contributed by atoms with van der Waals surface area (Å²) in [6, 6.07) is 14.4. The molecule has 0 aliphatic heterocycles. The molecule has 0 aromatic heterocycles. The van der Waals surface area contributed by atoms with Crippen molar-refractivity contribution in [2.45, 2.75) is 13.0 Å². The molecule has 0 saturated heterocycles. The Labute approximate surface area is 134 Å². The molecular formula is C17H20BrNO2. The summed E-state index contributed by atoms with van der Waals surface area (Å²) in [6.07, 6.45) is 0. The molecule has 0 heterocycles. The van der Waals surface area contributed by atoms with E-state index >= 15 is 0 Å². The van der Waals surface area contributed by atoms with Gasteiger partial charge in [-0.1, -0.05) is 18.2 Å². The normalized spacial score (nSPS) is 12.0. The van der Waals surface area contributed by atoms with Gasteiger partial charge in [-0.25, -0.2) is 0 Å². The molecule has 0 aliphatic rings. The lowest BCUT2D eigenvalue weighted by Crippen LogP contribution is -2.17. The van der Waals surface area contributed by atoms with Gasteiger partial charge in [-0.05, 0) is 65.3 Å². The molecule has 1 N–H and O–H groups in total. The highest BCUT2D eigenvalue weighted by Gasteiger charge is 2.13. The quantitative estimate of drug-likeness (QED) is 0.848. The van der Waals surface area contributed by atoms with Gasteiger partial charge in [0.15, 0.2) is 0 Å². The molecule has 0 aliphatic carbocycles.